The zero-order valence-electron chi connectivity index (χ0n) is 11.8. The van der Waals surface area contributed by atoms with Gasteiger partial charge in [0.05, 0.1) is 6.04 Å². The molecule has 0 aliphatic carbocycles. The minimum Gasteiger partial charge on any atom is -0.351 e. The highest BCUT2D eigenvalue weighted by atomic mass is 16.2. The lowest BCUT2D eigenvalue weighted by molar-refractivity contribution is -0.124. The standard InChI is InChI=1S/C15H24N2O/c1-5-11-8-6-7-9-12(11)10-17-14(18)13(16)15(2,3)4/h6-9,13H,5,10,16H2,1-4H3,(H,17,18)/t13-/m0/s1. The highest BCUT2D eigenvalue weighted by molar-refractivity contribution is 5.82. The van der Waals surface area contributed by atoms with Crippen LogP contribution in [0.2, 0.25) is 0 Å². The Morgan fingerprint density at radius 1 is 1.28 bits per heavy atom. The first-order valence-corrected chi connectivity index (χ1v) is 6.46. The van der Waals surface area contributed by atoms with Crippen LogP contribution in [0.25, 0.3) is 0 Å². The monoisotopic (exact) mass is 248 g/mol. The number of hydrogen-bond donors (Lipinski definition) is 2. The molecule has 3 heteroatoms. The van der Waals surface area contributed by atoms with Gasteiger partial charge in [-0.25, -0.2) is 0 Å². The van der Waals surface area contributed by atoms with Gasteiger partial charge in [0.15, 0.2) is 0 Å². The molecular formula is C15H24N2O. The summed E-state index contributed by atoms with van der Waals surface area (Å²) in [7, 11) is 0. The minimum atomic E-state index is -0.480. The Hall–Kier alpha value is -1.35. The Labute approximate surface area is 110 Å². The third-order valence-electron chi connectivity index (χ3n) is 3.17. The van der Waals surface area contributed by atoms with Crippen LogP contribution in [0.4, 0.5) is 0 Å². The van der Waals surface area contributed by atoms with Crippen LogP contribution in [0.15, 0.2) is 24.3 Å². The van der Waals surface area contributed by atoms with Crippen LogP contribution in [0, 0.1) is 5.41 Å². The molecule has 1 amide bonds. The molecule has 0 saturated heterocycles. The van der Waals surface area contributed by atoms with Gasteiger partial charge in [-0.2, -0.15) is 0 Å². The van der Waals surface area contributed by atoms with Crippen LogP contribution in [-0.4, -0.2) is 11.9 Å². The van der Waals surface area contributed by atoms with Gasteiger partial charge in [0, 0.05) is 6.54 Å². The lowest BCUT2D eigenvalue weighted by Gasteiger charge is -2.26. The average Bonchev–Trinajstić information content (AvgIpc) is 2.34. The minimum absolute atomic E-state index is 0.0894. The zero-order valence-corrected chi connectivity index (χ0v) is 11.8. The van der Waals surface area contributed by atoms with E-state index >= 15 is 0 Å². The molecule has 100 valence electrons. The van der Waals surface area contributed by atoms with Crippen LogP contribution in [-0.2, 0) is 17.8 Å². The summed E-state index contributed by atoms with van der Waals surface area (Å²) in [4.78, 5) is 11.9. The number of nitrogens with two attached hydrogens (primary N) is 1. The van der Waals surface area contributed by atoms with E-state index in [1.165, 1.54) is 5.56 Å². The summed E-state index contributed by atoms with van der Waals surface area (Å²) < 4.78 is 0. The molecule has 1 aromatic rings. The van der Waals surface area contributed by atoms with Crippen LogP contribution in [0.1, 0.15) is 38.8 Å². The van der Waals surface area contributed by atoms with Crippen molar-refractivity contribution in [1.29, 1.82) is 0 Å². The maximum Gasteiger partial charge on any atom is 0.237 e. The molecular weight excluding hydrogens is 224 g/mol. The molecule has 1 aromatic carbocycles. The van der Waals surface area contributed by atoms with E-state index in [2.05, 4.69) is 18.3 Å². The van der Waals surface area contributed by atoms with E-state index in [9.17, 15) is 4.79 Å². The van der Waals surface area contributed by atoms with Gasteiger partial charge in [0.25, 0.3) is 0 Å². The van der Waals surface area contributed by atoms with E-state index in [-0.39, 0.29) is 11.3 Å². The second-order valence-corrected chi connectivity index (χ2v) is 5.68. The molecule has 0 heterocycles. The number of aryl methyl sites for hydroxylation is 1. The smallest absolute Gasteiger partial charge is 0.237 e. The summed E-state index contributed by atoms with van der Waals surface area (Å²) in [6, 6.07) is 7.66. The van der Waals surface area contributed by atoms with E-state index in [1.807, 2.05) is 39.0 Å². The normalized spacial score (nSPS) is 13.2. The van der Waals surface area contributed by atoms with Crippen LogP contribution < -0.4 is 11.1 Å². The SMILES string of the molecule is CCc1ccccc1CNC(=O)[C@H](N)C(C)(C)C. The molecule has 0 radical (unpaired) electrons. The molecule has 18 heavy (non-hydrogen) atoms. The molecule has 3 N–H and O–H groups in total. The topological polar surface area (TPSA) is 55.1 Å². The first-order valence-electron chi connectivity index (χ1n) is 6.46. The summed E-state index contributed by atoms with van der Waals surface area (Å²) in [6.45, 7) is 8.57. The molecule has 3 nitrogen and oxygen atoms in total. The Balaban J connectivity index is 2.63. The van der Waals surface area contributed by atoms with Gasteiger partial charge in [-0.05, 0) is 23.0 Å². The predicted octanol–water partition coefficient (Wildman–Crippen LogP) is 2.24. The summed E-state index contributed by atoms with van der Waals surface area (Å²) in [5, 5.41) is 2.92. The van der Waals surface area contributed by atoms with Gasteiger partial charge in [-0.15, -0.1) is 0 Å². The van der Waals surface area contributed by atoms with Gasteiger partial charge in [0.1, 0.15) is 0 Å². The number of carbonyl (C=O) groups is 1. The third kappa shape index (κ3) is 3.84. The first kappa shape index (κ1) is 14.7. The van der Waals surface area contributed by atoms with Gasteiger partial charge >= 0.3 is 0 Å². The van der Waals surface area contributed by atoms with E-state index in [4.69, 9.17) is 5.73 Å². The molecule has 0 fully saturated rings. The Morgan fingerprint density at radius 2 is 1.83 bits per heavy atom. The molecule has 1 atom stereocenters. The van der Waals surface area contributed by atoms with Gasteiger partial charge < -0.3 is 11.1 Å². The number of carbonyl (C=O) groups excluding carboxylic acids is 1. The fraction of sp³-hybridized carbons (Fsp3) is 0.533. The molecule has 0 bridgehead atoms. The van der Waals surface area contributed by atoms with Crippen molar-refractivity contribution >= 4 is 5.91 Å². The highest BCUT2D eigenvalue weighted by Crippen LogP contribution is 2.17. The lowest BCUT2D eigenvalue weighted by atomic mass is 9.87. The van der Waals surface area contributed by atoms with E-state index < -0.39 is 6.04 Å². The van der Waals surface area contributed by atoms with Crippen molar-refractivity contribution in [1.82, 2.24) is 5.32 Å². The maximum absolute atomic E-state index is 11.9. The van der Waals surface area contributed by atoms with Crippen molar-refractivity contribution < 1.29 is 4.79 Å². The van der Waals surface area contributed by atoms with E-state index in [0.29, 0.717) is 6.54 Å². The van der Waals surface area contributed by atoms with Crippen molar-refractivity contribution in [3.8, 4) is 0 Å². The van der Waals surface area contributed by atoms with Gasteiger partial charge in [-0.1, -0.05) is 52.0 Å². The highest BCUT2D eigenvalue weighted by Gasteiger charge is 2.27. The van der Waals surface area contributed by atoms with Crippen LogP contribution >= 0.6 is 0 Å². The van der Waals surface area contributed by atoms with Crippen molar-refractivity contribution in [3.05, 3.63) is 35.4 Å². The molecule has 0 aliphatic rings. The quantitative estimate of drug-likeness (QED) is 0.858. The maximum atomic E-state index is 11.9. The fourth-order valence-electron chi connectivity index (χ4n) is 1.76. The lowest BCUT2D eigenvalue weighted by Crippen LogP contribution is -2.48. The molecule has 0 aliphatic heterocycles. The Bertz CT molecular complexity index is 407. The van der Waals surface area contributed by atoms with Gasteiger partial charge in [0.2, 0.25) is 5.91 Å². The second kappa shape index (κ2) is 6.01. The number of hydrogen-bond acceptors (Lipinski definition) is 2. The fourth-order valence-corrected chi connectivity index (χ4v) is 1.76. The third-order valence-corrected chi connectivity index (χ3v) is 3.17. The van der Waals surface area contributed by atoms with Crippen molar-refractivity contribution in [2.24, 2.45) is 11.1 Å². The predicted molar refractivity (Wildman–Crippen MR) is 75.1 cm³/mol. The summed E-state index contributed by atoms with van der Waals surface area (Å²) >= 11 is 0. The van der Waals surface area contributed by atoms with Crippen LogP contribution in [0.5, 0.6) is 0 Å². The number of nitrogens with one attached hydrogen (secondary N) is 1. The number of benzene rings is 1. The summed E-state index contributed by atoms with van der Waals surface area (Å²) in [6.07, 6.45) is 0.970. The van der Waals surface area contributed by atoms with Crippen molar-refractivity contribution in [3.63, 3.8) is 0 Å². The Kier molecular flexibility index (Phi) is 4.91. The molecule has 0 aromatic heterocycles. The number of amides is 1. The summed E-state index contributed by atoms with van der Waals surface area (Å²) in [5.41, 5.74) is 8.13. The molecule has 1 rings (SSSR count). The van der Waals surface area contributed by atoms with E-state index in [1.54, 1.807) is 0 Å². The summed E-state index contributed by atoms with van der Waals surface area (Å²) in [5.74, 6) is -0.0894. The van der Waals surface area contributed by atoms with Crippen molar-refractivity contribution in [2.75, 3.05) is 0 Å². The van der Waals surface area contributed by atoms with Crippen molar-refractivity contribution in [2.45, 2.75) is 46.7 Å². The average molecular weight is 248 g/mol. The molecule has 0 saturated carbocycles. The second-order valence-electron chi connectivity index (χ2n) is 5.68. The first-order chi connectivity index (χ1) is 8.36. The Morgan fingerprint density at radius 3 is 2.33 bits per heavy atom. The van der Waals surface area contributed by atoms with Gasteiger partial charge in [-0.3, -0.25) is 4.79 Å². The van der Waals surface area contributed by atoms with Crippen LogP contribution in [0.3, 0.4) is 0 Å². The molecule has 0 unspecified atom stereocenters. The molecule has 0 spiro atoms. The zero-order chi connectivity index (χ0) is 13.8. The largest absolute Gasteiger partial charge is 0.351 e. The van der Waals surface area contributed by atoms with E-state index in [0.717, 1.165) is 12.0 Å². The number of rotatable bonds is 4.